The molecule has 136 valence electrons. The van der Waals surface area contributed by atoms with Crippen molar-refractivity contribution >= 4 is 33.2 Å². The van der Waals surface area contributed by atoms with Crippen LogP contribution in [-0.2, 0) is 0 Å². The summed E-state index contributed by atoms with van der Waals surface area (Å²) in [5, 5.41) is 2.83. The SMILES string of the molecule is COc1ccc(-c2cn3cccc(C)c3n2)cc1NC(=O)c1ccc(Br)o1. The number of ether oxygens (including phenoxy) is 1. The van der Waals surface area contributed by atoms with E-state index in [1.54, 1.807) is 25.3 Å². The first-order valence-electron chi connectivity index (χ1n) is 8.24. The summed E-state index contributed by atoms with van der Waals surface area (Å²) >= 11 is 3.20. The third-order valence-corrected chi connectivity index (χ3v) is 4.64. The Morgan fingerprint density at radius 3 is 2.81 bits per heavy atom. The van der Waals surface area contributed by atoms with Gasteiger partial charge in [0.2, 0.25) is 0 Å². The van der Waals surface area contributed by atoms with E-state index in [2.05, 4.69) is 21.2 Å². The minimum atomic E-state index is -0.359. The largest absolute Gasteiger partial charge is 0.495 e. The van der Waals surface area contributed by atoms with Crippen molar-refractivity contribution in [1.82, 2.24) is 9.38 Å². The van der Waals surface area contributed by atoms with Gasteiger partial charge >= 0.3 is 0 Å². The van der Waals surface area contributed by atoms with Crippen LogP contribution in [-0.4, -0.2) is 22.4 Å². The third-order valence-electron chi connectivity index (χ3n) is 4.22. The Kier molecular flexibility index (Phi) is 4.45. The standard InChI is InChI=1S/C20H16BrN3O3/c1-12-4-3-9-24-11-15(22-19(12)24)13-5-6-16(26-2)14(10-13)23-20(25)17-7-8-18(21)27-17/h3-11H,1-2H3,(H,23,25). The van der Waals surface area contributed by atoms with Crippen molar-refractivity contribution in [2.45, 2.75) is 6.92 Å². The Balaban J connectivity index is 1.71. The fourth-order valence-electron chi connectivity index (χ4n) is 2.88. The van der Waals surface area contributed by atoms with Crippen molar-refractivity contribution in [2.24, 2.45) is 0 Å². The molecule has 0 atom stereocenters. The number of aromatic nitrogens is 2. The lowest BCUT2D eigenvalue weighted by molar-refractivity contribution is 0.0995. The number of carbonyl (C=O) groups is 1. The molecule has 0 saturated heterocycles. The molecule has 7 heteroatoms. The minimum Gasteiger partial charge on any atom is -0.495 e. The second-order valence-electron chi connectivity index (χ2n) is 6.02. The minimum absolute atomic E-state index is 0.206. The summed E-state index contributed by atoms with van der Waals surface area (Å²) < 4.78 is 13.2. The van der Waals surface area contributed by atoms with E-state index in [1.165, 1.54) is 0 Å². The van der Waals surface area contributed by atoms with E-state index >= 15 is 0 Å². The number of rotatable bonds is 4. The average Bonchev–Trinajstić information content (AvgIpc) is 3.29. The van der Waals surface area contributed by atoms with E-state index in [-0.39, 0.29) is 11.7 Å². The van der Waals surface area contributed by atoms with Gasteiger partial charge in [0.05, 0.1) is 18.5 Å². The Morgan fingerprint density at radius 2 is 2.11 bits per heavy atom. The lowest BCUT2D eigenvalue weighted by atomic mass is 10.1. The van der Waals surface area contributed by atoms with Gasteiger partial charge in [0, 0.05) is 18.0 Å². The number of aryl methyl sites for hydroxylation is 1. The van der Waals surface area contributed by atoms with Crippen molar-refractivity contribution in [3.8, 4) is 17.0 Å². The van der Waals surface area contributed by atoms with Crippen LogP contribution in [0.5, 0.6) is 5.75 Å². The van der Waals surface area contributed by atoms with Gasteiger partial charge in [-0.25, -0.2) is 4.98 Å². The molecule has 0 fully saturated rings. The van der Waals surface area contributed by atoms with Gasteiger partial charge in [0.15, 0.2) is 10.4 Å². The lowest BCUT2D eigenvalue weighted by Gasteiger charge is -2.10. The van der Waals surface area contributed by atoms with E-state index < -0.39 is 0 Å². The van der Waals surface area contributed by atoms with Gasteiger partial charge in [-0.15, -0.1) is 0 Å². The molecule has 0 bridgehead atoms. The summed E-state index contributed by atoms with van der Waals surface area (Å²) in [5.74, 6) is 0.400. The van der Waals surface area contributed by atoms with Crippen molar-refractivity contribution < 1.29 is 13.9 Å². The summed E-state index contributed by atoms with van der Waals surface area (Å²) in [4.78, 5) is 17.1. The van der Waals surface area contributed by atoms with E-state index in [1.807, 2.05) is 48.0 Å². The summed E-state index contributed by atoms with van der Waals surface area (Å²) in [5.41, 5.74) is 4.21. The highest BCUT2D eigenvalue weighted by Gasteiger charge is 2.15. The number of hydrogen-bond donors (Lipinski definition) is 1. The van der Waals surface area contributed by atoms with E-state index in [4.69, 9.17) is 14.1 Å². The maximum absolute atomic E-state index is 12.4. The summed E-state index contributed by atoms with van der Waals surface area (Å²) in [6.07, 6.45) is 3.92. The van der Waals surface area contributed by atoms with Crippen LogP contribution in [0.2, 0.25) is 0 Å². The molecule has 27 heavy (non-hydrogen) atoms. The smallest absolute Gasteiger partial charge is 0.291 e. The summed E-state index contributed by atoms with van der Waals surface area (Å²) in [6, 6.07) is 12.8. The Morgan fingerprint density at radius 1 is 1.26 bits per heavy atom. The number of halogens is 1. The normalized spacial score (nSPS) is 10.9. The van der Waals surface area contributed by atoms with Crippen LogP contribution in [0.4, 0.5) is 5.69 Å². The van der Waals surface area contributed by atoms with Crippen molar-refractivity contribution in [1.29, 1.82) is 0 Å². The van der Waals surface area contributed by atoms with Gasteiger partial charge < -0.3 is 18.9 Å². The van der Waals surface area contributed by atoms with Gasteiger partial charge in [0.25, 0.3) is 5.91 Å². The second kappa shape index (κ2) is 6.92. The van der Waals surface area contributed by atoms with Crippen LogP contribution in [0.25, 0.3) is 16.9 Å². The number of nitrogens with one attached hydrogen (secondary N) is 1. The number of pyridine rings is 1. The second-order valence-corrected chi connectivity index (χ2v) is 6.80. The number of imidazole rings is 1. The number of hydrogen-bond acceptors (Lipinski definition) is 4. The molecule has 0 aliphatic rings. The summed E-state index contributed by atoms with van der Waals surface area (Å²) in [6.45, 7) is 2.02. The highest BCUT2D eigenvalue weighted by Crippen LogP contribution is 2.31. The molecule has 4 rings (SSSR count). The molecular formula is C20H16BrN3O3. The number of fused-ring (bicyclic) bond motifs is 1. The molecule has 1 N–H and O–H groups in total. The zero-order chi connectivity index (χ0) is 19.0. The van der Waals surface area contributed by atoms with E-state index in [0.29, 0.717) is 16.1 Å². The van der Waals surface area contributed by atoms with Gasteiger partial charge in [-0.05, 0) is 64.8 Å². The zero-order valence-corrected chi connectivity index (χ0v) is 16.3. The molecule has 0 unspecified atom stereocenters. The summed E-state index contributed by atoms with van der Waals surface area (Å²) in [7, 11) is 1.56. The molecule has 3 aromatic heterocycles. The first kappa shape index (κ1) is 17.4. The molecule has 1 amide bonds. The maximum Gasteiger partial charge on any atom is 0.291 e. The lowest BCUT2D eigenvalue weighted by Crippen LogP contribution is -2.11. The first-order chi connectivity index (χ1) is 13.0. The fourth-order valence-corrected chi connectivity index (χ4v) is 3.18. The maximum atomic E-state index is 12.4. The molecular weight excluding hydrogens is 410 g/mol. The van der Waals surface area contributed by atoms with Crippen LogP contribution in [0.15, 0.2) is 63.9 Å². The number of methoxy groups -OCH3 is 1. The van der Waals surface area contributed by atoms with E-state index in [0.717, 1.165) is 22.5 Å². The Labute approximate surface area is 163 Å². The van der Waals surface area contributed by atoms with Gasteiger partial charge in [0.1, 0.15) is 11.4 Å². The molecule has 0 spiro atoms. The van der Waals surface area contributed by atoms with Crippen molar-refractivity contribution in [3.05, 3.63) is 70.9 Å². The van der Waals surface area contributed by atoms with Crippen LogP contribution in [0.1, 0.15) is 16.1 Å². The monoisotopic (exact) mass is 425 g/mol. The van der Waals surface area contributed by atoms with Gasteiger partial charge in [-0.3, -0.25) is 4.79 Å². The van der Waals surface area contributed by atoms with E-state index in [9.17, 15) is 4.79 Å². The molecule has 0 aliphatic carbocycles. The average molecular weight is 426 g/mol. The van der Waals surface area contributed by atoms with Crippen LogP contribution < -0.4 is 10.1 Å². The number of carbonyl (C=O) groups excluding carboxylic acids is 1. The quantitative estimate of drug-likeness (QED) is 0.503. The van der Waals surface area contributed by atoms with Crippen LogP contribution in [0, 0.1) is 6.92 Å². The number of benzene rings is 1. The number of anilines is 1. The molecule has 6 nitrogen and oxygen atoms in total. The van der Waals surface area contributed by atoms with Crippen LogP contribution >= 0.6 is 15.9 Å². The van der Waals surface area contributed by atoms with Crippen molar-refractivity contribution in [3.63, 3.8) is 0 Å². The molecule has 4 aromatic rings. The molecule has 0 radical (unpaired) electrons. The molecule has 0 saturated carbocycles. The molecule has 0 aliphatic heterocycles. The number of furan rings is 1. The Bertz CT molecular complexity index is 1150. The van der Waals surface area contributed by atoms with Crippen molar-refractivity contribution in [2.75, 3.05) is 12.4 Å². The molecule has 1 aromatic carbocycles. The zero-order valence-electron chi connectivity index (χ0n) is 14.7. The third kappa shape index (κ3) is 3.33. The van der Waals surface area contributed by atoms with Crippen LogP contribution in [0.3, 0.4) is 0 Å². The highest BCUT2D eigenvalue weighted by molar-refractivity contribution is 9.10. The topological polar surface area (TPSA) is 68.8 Å². The predicted octanol–water partition coefficient (Wildman–Crippen LogP) is 4.93. The number of amides is 1. The Hall–Kier alpha value is -3.06. The van der Waals surface area contributed by atoms with Gasteiger partial charge in [-0.1, -0.05) is 6.07 Å². The fraction of sp³-hybridized carbons (Fsp3) is 0.100. The highest BCUT2D eigenvalue weighted by atomic mass is 79.9. The number of nitrogens with zero attached hydrogens (tertiary/aromatic N) is 2. The predicted molar refractivity (Wildman–Crippen MR) is 106 cm³/mol. The molecule has 3 heterocycles. The first-order valence-corrected chi connectivity index (χ1v) is 9.04. The van der Waals surface area contributed by atoms with Gasteiger partial charge in [-0.2, -0.15) is 0 Å².